The smallest absolute Gasteiger partial charge is 0.333 e. The van der Waals surface area contributed by atoms with Gasteiger partial charge in [-0.15, -0.1) is 0 Å². The molecule has 0 saturated carbocycles. The summed E-state index contributed by atoms with van der Waals surface area (Å²) in [5.74, 6) is -1.89. The predicted molar refractivity (Wildman–Crippen MR) is 178 cm³/mol. The van der Waals surface area contributed by atoms with Crippen LogP contribution >= 0.6 is 0 Å². The number of ether oxygens (including phenoxy) is 1. The maximum absolute atomic E-state index is 13.9. The molecule has 0 atom stereocenters. The van der Waals surface area contributed by atoms with Crippen LogP contribution in [0.15, 0.2) is 109 Å². The molecular formula is C38H34N2O6. The van der Waals surface area contributed by atoms with E-state index < -0.39 is 11.9 Å². The number of benzene rings is 4. The van der Waals surface area contributed by atoms with Crippen molar-refractivity contribution in [2.45, 2.75) is 32.6 Å². The van der Waals surface area contributed by atoms with Gasteiger partial charge in [-0.25, -0.2) is 9.59 Å². The summed E-state index contributed by atoms with van der Waals surface area (Å²) in [6.07, 6.45) is 2.33. The number of esters is 1. The van der Waals surface area contributed by atoms with E-state index in [0.717, 1.165) is 22.5 Å². The van der Waals surface area contributed by atoms with Crippen LogP contribution in [0.25, 0.3) is 0 Å². The second-order valence-electron chi connectivity index (χ2n) is 11.2. The number of nitrogens with one attached hydrogen (secondary N) is 2. The number of aryl methyl sites for hydroxylation is 1. The molecule has 4 aromatic carbocycles. The fourth-order valence-corrected chi connectivity index (χ4v) is 5.25. The lowest BCUT2D eigenvalue weighted by Gasteiger charge is -2.24. The van der Waals surface area contributed by atoms with E-state index in [0.29, 0.717) is 64.9 Å². The summed E-state index contributed by atoms with van der Waals surface area (Å²) in [6.45, 7) is 9.00. The number of anilines is 4. The van der Waals surface area contributed by atoms with Crippen LogP contribution in [0.4, 0.5) is 22.7 Å². The monoisotopic (exact) mass is 614 g/mol. The first-order valence-electron chi connectivity index (χ1n) is 14.9. The molecule has 0 heterocycles. The standard InChI is InChI=1S/C38H34N2O6/c1-23(2)38(45)46-22-21-26-13-17-28(18-14-26)40-32-20-19-31(33-34(32)36(42)30-10-5-4-9-29(30)35(33)41)39-27-15-11-25(12-16-27)8-6-7-24(3)37(43)44/h4-5,9-20,39-40H,1,3,6-8,21-22H2,2H3,(H,43,44). The molecule has 232 valence electrons. The van der Waals surface area contributed by atoms with E-state index in [1.165, 1.54) is 0 Å². The number of hydrogen-bond acceptors (Lipinski definition) is 7. The van der Waals surface area contributed by atoms with Gasteiger partial charge in [0.05, 0.1) is 29.1 Å². The van der Waals surface area contributed by atoms with Crippen molar-refractivity contribution in [3.05, 3.63) is 143 Å². The third-order valence-electron chi connectivity index (χ3n) is 7.76. The molecule has 0 aliphatic heterocycles. The van der Waals surface area contributed by atoms with E-state index in [-0.39, 0.29) is 23.7 Å². The average Bonchev–Trinajstić information content (AvgIpc) is 3.05. The Morgan fingerprint density at radius 1 is 0.717 bits per heavy atom. The molecule has 0 unspecified atom stereocenters. The van der Waals surface area contributed by atoms with Crippen LogP contribution < -0.4 is 10.6 Å². The highest BCUT2D eigenvalue weighted by atomic mass is 16.5. The van der Waals surface area contributed by atoms with Gasteiger partial charge in [0.2, 0.25) is 0 Å². The number of ketones is 2. The van der Waals surface area contributed by atoms with Crippen molar-refractivity contribution in [1.82, 2.24) is 0 Å². The molecule has 0 saturated heterocycles. The summed E-state index contributed by atoms with van der Waals surface area (Å²) < 4.78 is 5.19. The first-order valence-corrected chi connectivity index (χ1v) is 14.9. The Labute approximate surface area is 267 Å². The predicted octanol–water partition coefficient (Wildman–Crippen LogP) is 7.57. The number of carbonyl (C=O) groups excluding carboxylic acids is 3. The molecule has 0 bridgehead atoms. The van der Waals surface area contributed by atoms with Gasteiger partial charge in [0.1, 0.15) is 0 Å². The third-order valence-corrected chi connectivity index (χ3v) is 7.76. The summed E-state index contributed by atoms with van der Waals surface area (Å²) in [5.41, 5.74) is 6.35. The molecular weight excluding hydrogens is 580 g/mol. The summed E-state index contributed by atoms with van der Waals surface area (Å²) in [5, 5.41) is 15.7. The highest BCUT2D eigenvalue weighted by Crippen LogP contribution is 2.38. The van der Waals surface area contributed by atoms with Gasteiger partial charge in [-0.3, -0.25) is 9.59 Å². The van der Waals surface area contributed by atoms with Crippen LogP contribution in [0, 0.1) is 0 Å². The van der Waals surface area contributed by atoms with Crippen LogP contribution in [0.5, 0.6) is 0 Å². The molecule has 46 heavy (non-hydrogen) atoms. The number of carboxylic acid groups (broad SMARTS) is 1. The minimum atomic E-state index is -0.978. The van der Waals surface area contributed by atoms with Gasteiger partial charge in [0.25, 0.3) is 0 Å². The minimum absolute atomic E-state index is 0.192. The zero-order valence-electron chi connectivity index (χ0n) is 25.5. The number of rotatable bonds is 13. The van der Waals surface area contributed by atoms with Gasteiger partial charge in [0, 0.05) is 40.1 Å². The van der Waals surface area contributed by atoms with Crippen LogP contribution in [-0.2, 0) is 27.2 Å². The van der Waals surface area contributed by atoms with Crippen LogP contribution in [0.2, 0.25) is 0 Å². The molecule has 0 spiro atoms. The molecule has 0 amide bonds. The second kappa shape index (κ2) is 13.9. The van der Waals surface area contributed by atoms with Crippen molar-refractivity contribution >= 4 is 46.3 Å². The Balaban J connectivity index is 1.37. The summed E-state index contributed by atoms with van der Waals surface area (Å²) >= 11 is 0. The van der Waals surface area contributed by atoms with E-state index in [1.54, 1.807) is 43.3 Å². The molecule has 1 aliphatic rings. The quantitative estimate of drug-likeness (QED) is 0.0917. The lowest BCUT2D eigenvalue weighted by molar-refractivity contribution is -0.138. The molecule has 8 nitrogen and oxygen atoms in total. The molecule has 0 fully saturated rings. The van der Waals surface area contributed by atoms with E-state index >= 15 is 0 Å². The third kappa shape index (κ3) is 7.13. The van der Waals surface area contributed by atoms with Gasteiger partial charge in [-0.05, 0) is 73.7 Å². The minimum Gasteiger partial charge on any atom is -0.478 e. The average molecular weight is 615 g/mol. The second-order valence-corrected chi connectivity index (χ2v) is 11.2. The molecule has 1 aliphatic carbocycles. The Morgan fingerprint density at radius 2 is 1.20 bits per heavy atom. The topological polar surface area (TPSA) is 122 Å². The van der Waals surface area contributed by atoms with Gasteiger partial charge >= 0.3 is 11.9 Å². The van der Waals surface area contributed by atoms with Crippen molar-refractivity contribution in [2.24, 2.45) is 0 Å². The van der Waals surface area contributed by atoms with Gasteiger partial charge < -0.3 is 20.5 Å². The maximum atomic E-state index is 13.9. The summed E-state index contributed by atoms with van der Waals surface area (Å²) in [6, 6.07) is 25.7. The Bertz CT molecular complexity index is 1720. The van der Waals surface area contributed by atoms with Gasteiger partial charge in [-0.2, -0.15) is 0 Å². The summed E-state index contributed by atoms with van der Waals surface area (Å²) in [4.78, 5) is 50.4. The van der Waals surface area contributed by atoms with Crippen LogP contribution in [-0.4, -0.2) is 35.2 Å². The fraction of sp³-hybridized carbons (Fsp3) is 0.158. The highest BCUT2D eigenvalue weighted by Gasteiger charge is 2.34. The summed E-state index contributed by atoms with van der Waals surface area (Å²) in [7, 11) is 0. The van der Waals surface area contributed by atoms with Gasteiger partial charge in [-0.1, -0.05) is 61.7 Å². The fourth-order valence-electron chi connectivity index (χ4n) is 5.25. The lowest BCUT2D eigenvalue weighted by Crippen LogP contribution is -2.23. The van der Waals surface area contributed by atoms with Crippen LogP contribution in [0.1, 0.15) is 62.7 Å². The SMILES string of the molecule is C=C(C)C(=O)OCCc1ccc(Nc2ccc(Nc3ccc(CCCC(=C)C(=O)O)cc3)c3c2C(=O)c2ccccc2C3=O)cc1. The molecule has 5 rings (SSSR count). The Kier molecular flexibility index (Phi) is 9.57. The largest absolute Gasteiger partial charge is 0.478 e. The Hall–Kier alpha value is -5.76. The van der Waals surface area contributed by atoms with Crippen LogP contribution in [0.3, 0.4) is 0 Å². The van der Waals surface area contributed by atoms with E-state index in [2.05, 4.69) is 23.8 Å². The highest BCUT2D eigenvalue weighted by molar-refractivity contribution is 6.32. The first kappa shape index (κ1) is 31.7. The van der Waals surface area contributed by atoms with Crippen molar-refractivity contribution in [3.63, 3.8) is 0 Å². The maximum Gasteiger partial charge on any atom is 0.333 e. The zero-order chi connectivity index (χ0) is 32.8. The van der Waals surface area contributed by atoms with Crippen molar-refractivity contribution < 1.29 is 29.0 Å². The Morgan fingerprint density at radius 3 is 1.65 bits per heavy atom. The zero-order valence-corrected chi connectivity index (χ0v) is 25.5. The first-order chi connectivity index (χ1) is 22.1. The van der Waals surface area contributed by atoms with E-state index in [9.17, 15) is 19.2 Å². The molecule has 0 radical (unpaired) electrons. The van der Waals surface area contributed by atoms with Gasteiger partial charge in [0.15, 0.2) is 11.6 Å². The molecule has 4 aromatic rings. The van der Waals surface area contributed by atoms with Crippen molar-refractivity contribution in [2.75, 3.05) is 17.2 Å². The normalized spacial score (nSPS) is 11.7. The van der Waals surface area contributed by atoms with E-state index in [1.807, 2.05) is 48.5 Å². The van der Waals surface area contributed by atoms with Crippen molar-refractivity contribution in [1.29, 1.82) is 0 Å². The number of carboxylic acids is 1. The molecule has 8 heteroatoms. The molecule has 3 N–H and O–H groups in total. The number of hydrogen-bond donors (Lipinski definition) is 3. The lowest BCUT2D eigenvalue weighted by atomic mass is 9.82. The number of aliphatic carboxylic acids is 1. The van der Waals surface area contributed by atoms with E-state index in [4.69, 9.17) is 9.84 Å². The molecule has 0 aromatic heterocycles. The van der Waals surface area contributed by atoms with Crippen molar-refractivity contribution in [3.8, 4) is 0 Å². The number of fused-ring (bicyclic) bond motifs is 2. The number of carbonyl (C=O) groups is 4.